The van der Waals surface area contributed by atoms with Crippen molar-refractivity contribution in [3.05, 3.63) is 29.8 Å². The molecule has 1 rings (SSSR count). The summed E-state index contributed by atoms with van der Waals surface area (Å²) >= 11 is 0. The van der Waals surface area contributed by atoms with Crippen molar-refractivity contribution in [3.8, 4) is 0 Å². The molecule has 17 heavy (non-hydrogen) atoms. The number of alkyl halides is 1. The van der Waals surface area contributed by atoms with Crippen molar-refractivity contribution in [3.63, 3.8) is 0 Å². The highest BCUT2D eigenvalue weighted by molar-refractivity contribution is 7.91. The zero-order valence-corrected chi connectivity index (χ0v) is 9.91. The quantitative estimate of drug-likeness (QED) is 0.840. The van der Waals surface area contributed by atoms with Crippen LogP contribution in [0.2, 0.25) is 0 Å². The maximum atomic E-state index is 12.0. The zero-order valence-electron chi connectivity index (χ0n) is 9.10. The SMILES string of the molecule is O=C(O)CCc1ccc(S(=O)(=O)CCF)cc1. The van der Waals surface area contributed by atoms with E-state index < -0.39 is 28.2 Å². The summed E-state index contributed by atoms with van der Waals surface area (Å²) in [6.07, 6.45) is 0.343. The second kappa shape index (κ2) is 5.77. The molecular formula is C11H13FO4S. The maximum absolute atomic E-state index is 12.0. The normalized spacial score (nSPS) is 11.4. The molecule has 0 aromatic heterocycles. The monoisotopic (exact) mass is 260 g/mol. The van der Waals surface area contributed by atoms with E-state index in [1.54, 1.807) is 12.1 Å². The van der Waals surface area contributed by atoms with Crippen LogP contribution in [0.15, 0.2) is 29.2 Å². The van der Waals surface area contributed by atoms with Gasteiger partial charge in [-0.2, -0.15) is 0 Å². The minimum absolute atomic E-state index is 0.00340. The van der Waals surface area contributed by atoms with Crippen molar-refractivity contribution in [2.75, 3.05) is 12.4 Å². The number of rotatable bonds is 6. The average Bonchev–Trinajstić information content (AvgIpc) is 2.27. The molecule has 0 saturated carbocycles. The highest BCUT2D eigenvalue weighted by atomic mass is 32.2. The molecule has 0 amide bonds. The van der Waals surface area contributed by atoms with Crippen LogP contribution < -0.4 is 0 Å². The summed E-state index contributed by atoms with van der Waals surface area (Å²) in [5.41, 5.74) is 0.742. The summed E-state index contributed by atoms with van der Waals surface area (Å²) in [5.74, 6) is -1.43. The van der Waals surface area contributed by atoms with Crippen LogP contribution in [0.5, 0.6) is 0 Å². The molecule has 0 radical (unpaired) electrons. The molecule has 0 bridgehead atoms. The van der Waals surface area contributed by atoms with Crippen molar-refractivity contribution in [2.45, 2.75) is 17.7 Å². The Labute approximate surface area is 99.0 Å². The van der Waals surface area contributed by atoms with Crippen LogP contribution in [0.1, 0.15) is 12.0 Å². The Morgan fingerprint density at radius 3 is 2.29 bits per heavy atom. The first-order valence-electron chi connectivity index (χ1n) is 5.05. The van der Waals surface area contributed by atoms with E-state index in [2.05, 4.69) is 0 Å². The second-order valence-electron chi connectivity index (χ2n) is 3.55. The summed E-state index contributed by atoms with van der Waals surface area (Å²) in [6.45, 7) is -0.914. The number of hydrogen-bond donors (Lipinski definition) is 1. The smallest absolute Gasteiger partial charge is 0.303 e. The first-order valence-corrected chi connectivity index (χ1v) is 6.70. The molecule has 1 aromatic carbocycles. The number of carboxylic acid groups (broad SMARTS) is 1. The Kier molecular flexibility index (Phi) is 4.62. The van der Waals surface area contributed by atoms with Crippen LogP contribution in [0.25, 0.3) is 0 Å². The number of carboxylic acids is 1. The highest BCUT2D eigenvalue weighted by Gasteiger charge is 2.13. The van der Waals surface area contributed by atoms with Gasteiger partial charge in [0.2, 0.25) is 0 Å². The predicted molar refractivity (Wildman–Crippen MR) is 60.4 cm³/mol. The fourth-order valence-electron chi connectivity index (χ4n) is 1.33. The van der Waals surface area contributed by atoms with E-state index in [1.165, 1.54) is 12.1 Å². The van der Waals surface area contributed by atoms with Crippen LogP contribution >= 0.6 is 0 Å². The fourth-order valence-corrected chi connectivity index (χ4v) is 2.32. The molecule has 1 N–H and O–H groups in total. The van der Waals surface area contributed by atoms with Gasteiger partial charge in [-0.25, -0.2) is 12.8 Å². The van der Waals surface area contributed by atoms with Crippen molar-refractivity contribution >= 4 is 15.8 Å². The lowest BCUT2D eigenvalue weighted by atomic mass is 10.1. The summed E-state index contributed by atoms with van der Waals surface area (Å²) in [4.78, 5) is 10.4. The third-order valence-electron chi connectivity index (χ3n) is 2.26. The van der Waals surface area contributed by atoms with E-state index in [4.69, 9.17) is 5.11 Å². The van der Waals surface area contributed by atoms with Crippen molar-refractivity contribution in [2.24, 2.45) is 0 Å². The van der Waals surface area contributed by atoms with E-state index in [0.29, 0.717) is 6.42 Å². The molecule has 6 heteroatoms. The van der Waals surface area contributed by atoms with E-state index in [9.17, 15) is 17.6 Å². The van der Waals surface area contributed by atoms with Crippen molar-refractivity contribution in [1.82, 2.24) is 0 Å². The van der Waals surface area contributed by atoms with Gasteiger partial charge in [-0.15, -0.1) is 0 Å². The molecule has 1 aromatic rings. The van der Waals surface area contributed by atoms with Gasteiger partial charge >= 0.3 is 5.97 Å². The van der Waals surface area contributed by atoms with Gasteiger partial charge in [0.25, 0.3) is 0 Å². The van der Waals surface area contributed by atoms with Gasteiger partial charge in [0.1, 0.15) is 6.67 Å². The molecule has 0 unspecified atom stereocenters. The lowest BCUT2D eigenvalue weighted by Gasteiger charge is -2.03. The molecule has 0 aliphatic heterocycles. The lowest BCUT2D eigenvalue weighted by molar-refractivity contribution is -0.136. The minimum Gasteiger partial charge on any atom is -0.481 e. The van der Waals surface area contributed by atoms with Gasteiger partial charge in [-0.05, 0) is 24.1 Å². The van der Waals surface area contributed by atoms with Crippen molar-refractivity contribution < 1.29 is 22.7 Å². The van der Waals surface area contributed by atoms with Gasteiger partial charge in [-0.3, -0.25) is 4.79 Å². The average molecular weight is 260 g/mol. The van der Waals surface area contributed by atoms with E-state index in [-0.39, 0.29) is 11.3 Å². The molecule has 0 atom stereocenters. The predicted octanol–water partition coefficient (Wildman–Crippen LogP) is 1.45. The van der Waals surface area contributed by atoms with Gasteiger partial charge in [0.15, 0.2) is 9.84 Å². The zero-order chi connectivity index (χ0) is 12.9. The van der Waals surface area contributed by atoms with Crippen LogP contribution in [0.3, 0.4) is 0 Å². The molecule has 0 aliphatic rings. The first kappa shape index (κ1) is 13.6. The van der Waals surface area contributed by atoms with E-state index in [0.717, 1.165) is 5.56 Å². The summed E-state index contributed by atoms with van der Waals surface area (Å²) in [7, 11) is -3.55. The molecule has 0 spiro atoms. The Morgan fingerprint density at radius 1 is 1.24 bits per heavy atom. The van der Waals surface area contributed by atoms with Crippen molar-refractivity contribution in [1.29, 1.82) is 0 Å². The number of sulfone groups is 1. The van der Waals surface area contributed by atoms with Gasteiger partial charge in [0.05, 0.1) is 10.6 Å². The first-order chi connectivity index (χ1) is 7.95. The second-order valence-corrected chi connectivity index (χ2v) is 5.65. The van der Waals surface area contributed by atoms with Gasteiger partial charge < -0.3 is 5.11 Å². The number of carbonyl (C=O) groups is 1. The van der Waals surface area contributed by atoms with E-state index >= 15 is 0 Å². The third kappa shape index (κ3) is 4.14. The summed E-state index contributed by atoms with van der Waals surface area (Å²) in [6, 6.07) is 5.85. The third-order valence-corrected chi connectivity index (χ3v) is 3.94. The maximum Gasteiger partial charge on any atom is 0.303 e. The molecule has 4 nitrogen and oxygen atoms in total. The Bertz CT molecular complexity index is 479. The van der Waals surface area contributed by atoms with Gasteiger partial charge in [0, 0.05) is 6.42 Å². The standard InChI is InChI=1S/C11H13FO4S/c12-7-8-17(15,16)10-4-1-9(2-5-10)3-6-11(13)14/h1-2,4-5H,3,6-8H2,(H,13,14). The Hall–Kier alpha value is -1.43. The molecule has 0 aliphatic carbocycles. The summed E-state index contributed by atoms with van der Waals surface area (Å²) < 4.78 is 35.0. The van der Waals surface area contributed by atoms with Crippen LogP contribution in [0, 0.1) is 0 Å². The Balaban J connectivity index is 2.78. The summed E-state index contributed by atoms with van der Waals surface area (Å²) in [5, 5.41) is 8.49. The fraction of sp³-hybridized carbons (Fsp3) is 0.364. The Morgan fingerprint density at radius 2 is 1.82 bits per heavy atom. The number of aliphatic carboxylic acids is 1. The van der Waals surface area contributed by atoms with Crippen LogP contribution in [-0.4, -0.2) is 31.9 Å². The van der Waals surface area contributed by atoms with Gasteiger partial charge in [-0.1, -0.05) is 12.1 Å². The van der Waals surface area contributed by atoms with Crippen LogP contribution in [0.4, 0.5) is 4.39 Å². The minimum atomic E-state index is -3.55. The largest absolute Gasteiger partial charge is 0.481 e. The topological polar surface area (TPSA) is 71.4 Å². The molecule has 94 valence electrons. The number of halogens is 1. The van der Waals surface area contributed by atoms with Crippen LogP contribution in [-0.2, 0) is 21.1 Å². The molecular weight excluding hydrogens is 247 g/mol. The highest BCUT2D eigenvalue weighted by Crippen LogP contribution is 2.13. The molecule has 0 saturated heterocycles. The number of aryl methyl sites for hydroxylation is 1. The van der Waals surface area contributed by atoms with E-state index in [1.807, 2.05) is 0 Å². The lowest BCUT2D eigenvalue weighted by Crippen LogP contribution is -2.08. The number of benzene rings is 1. The molecule has 0 fully saturated rings. The number of hydrogen-bond acceptors (Lipinski definition) is 3. The molecule has 0 heterocycles.